The lowest BCUT2D eigenvalue weighted by atomic mass is 10.3. The van der Waals surface area contributed by atoms with Crippen LogP contribution in [0.25, 0.3) is 0 Å². The van der Waals surface area contributed by atoms with Gasteiger partial charge in [-0.05, 0) is 25.1 Å². The summed E-state index contributed by atoms with van der Waals surface area (Å²) in [4.78, 5) is 22.0. The first-order valence-electron chi connectivity index (χ1n) is 5.02. The molecule has 0 aliphatic carbocycles. The van der Waals surface area contributed by atoms with E-state index in [1.54, 1.807) is 0 Å². The van der Waals surface area contributed by atoms with Gasteiger partial charge in [-0.15, -0.1) is 0 Å². The predicted octanol–water partition coefficient (Wildman–Crippen LogP) is 2.15. The van der Waals surface area contributed by atoms with E-state index in [2.05, 4.69) is 10.6 Å². The maximum absolute atomic E-state index is 11.4. The van der Waals surface area contributed by atoms with Gasteiger partial charge in [0.05, 0.1) is 5.69 Å². The van der Waals surface area contributed by atoms with Gasteiger partial charge in [0.15, 0.2) is 0 Å². The minimum absolute atomic E-state index is 0.00379. The van der Waals surface area contributed by atoms with Crippen LogP contribution in [0.4, 0.5) is 10.5 Å². The van der Waals surface area contributed by atoms with E-state index < -0.39 is 6.03 Å². The number of hydrogen-bond acceptors (Lipinski definition) is 3. The third kappa shape index (κ3) is 4.74. The molecule has 0 bridgehead atoms. The second kappa shape index (κ2) is 6.10. The number of urea groups is 1. The monoisotopic (exact) mass is 256 g/mol. The number of Topliss-reactive ketones (excluding diaryl/α,β-unsaturated/α-hetero) is 1. The van der Waals surface area contributed by atoms with Crippen molar-refractivity contribution in [3.63, 3.8) is 0 Å². The minimum atomic E-state index is -0.496. The summed E-state index contributed by atoms with van der Waals surface area (Å²) in [7, 11) is 0. The van der Waals surface area contributed by atoms with Crippen LogP contribution in [0.5, 0.6) is 5.75 Å². The lowest BCUT2D eigenvalue weighted by Gasteiger charge is -2.08. The third-order valence-electron chi connectivity index (χ3n) is 1.97. The molecular weight excluding hydrogens is 244 g/mol. The summed E-state index contributed by atoms with van der Waals surface area (Å²) in [6.07, 6.45) is 0.273. The lowest BCUT2D eigenvalue weighted by molar-refractivity contribution is -0.116. The molecule has 3 N–H and O–H groups in total. The van der Waals surface area contributed by atoms with E-state index in [0.29, 0.717) is 5.02 Å². The van der Waals surface area contributed by atoms with Crippen LogP contribution >= 0.6 is 11.6 Å². The predicted molar refractivity (Wildman–Crippen MR) is 65.4 cm³/mol. The number of aromatic hydroxyl groups is 1. The molecule has 0 aromatic heterocycles. The van der Waals surface area contributed by atoms with Gasteiger partial charge in [0.25, 0.3) is 0 Å². The highest BCUT2D eigenvalue weighted by atomic mass is 35.5. The molecule has 1 aromatic carbocycles. The molecule has 1 aromatic rings. The van der Waals surface area contributed by atoms with E-state index in [-0.39, 0.29) is 30.2 Å². The molecule has 5 nitrogen and oxygen atoms in total. The van der Waals surface area contributed by atoms with Crippen molar-refractivity contribution >= 4 is 29.1 Å². The van der Waals surface area contributed by atoms with Crippen molar-refractivity contribution in [3.05, 3.63) is 23.2 Å². The summed E-state index contributed by atoms with van der Waals surface area (Å²) in [6, 6.07) is 3.83. The van der Waals surface area contributed by atoms with Crippen molar-refractivity contribution in [2.45, 2.75) is 13.3 Å². The number of carbonyl (C=O) groups is 2. The molecule has 0 fully saturated rings. The highest BCUT2D eigenvalue weighted by Crippen LogP contribution is 2.26. The van der Waals surface area contributed by atoms with Gasteiger partial charge >= 0.3 is 6.03 Å². The highest BCUT2D eigenvalue weighted by molar-refractivity contribution is 6.31. The maximum atomic E-state index is 11.4. The molecule has 0 saturated carbocycles. The number of carbonyl (C=O) groups excluding carboxylic acids is 2. The van der Waals surface area contributed by atoms with Gasteiger partial charge in [-0.2, -0.15) is 0 Å². The number of phenolic OH excluding ortho intramolecular Hbond substituents is 1. The van der Waals surface area contributed by atoms with Crippen molar-refractivity contribution in [2.75, 3.05) is 11.9 Å². The van der Waals surface area contributed by atoms with E-state index in [4.69, 9.17) is 11.6 Å². The van der Waals surface area contributed by atoms with E-state index in [9.17, 15) is 14.7 Å². The maximum Gasteiger partial charge on any atom is 0.319 e. The number of rotatable bonds is 4. The van der Waals surface area contributed by atoms with Crippen LogP contribution in [0.15, 0.2) is 18.2 Å². The second-order valence-corrected chi connectivity index (χ2v) is 3.93. The molecule has 0 atom stereocenters. The molecule has 92 valence electrons. The summed E-state index contributed by atoms with van der Waals surface area (Å²) in [5.41, 5.74) is 0.220. The average Bonchev–Trinajstić information content (AvgIpc) is 2.23. The summed E-state index contributed by atoms with van der Waals surface area (Å²) in [6.45, 7) is 1.70. The normalized spacial score (nSPS) is 9.76. The number of ketones is 1. The van der Waals surface area contributed by atoms with Crippen LogP contribution in [0.1, 0.15) is 13.3 Å². The molecule has 0 unspecified atom stereocenters. The fourth-order valence-electron chi connectivity index (χ4n) is 1.13. The van der Waals surface area contributed by atoms with E-state index >= 15 is 0 Å². The zero-order chi connectivity index (χ0) is 12.8. The number of anilines is 1. The Labute approximate surface area is 104 Å². The fourth-order valence-corrected chi connectivity index (χ4v) is 1.30. The molecular formula is C11H13ClN2O3. The molecule has 0 radical (unpaired) electrons. The van der Waals surface area contributed by atoms with Crippen LogP contribution in [-0.4, -0.2) is 23.5 Å². The van der Waals surface area contributed by atoms with E-state index in [0.717, 1.165) is 0 Å². The molecule has 0 aliphatic rings. The Hall–Kier alpha value is -1.75. The Morgan fingerprint density at radius 3 is 2.76 bits per heavy atom. The Balaban J connectivity index is 2.50. The number of hydrogen-bond donors (Lipinski definition) is 3. The lowest BCUT2D eigenvalue weighted by Crippen LogP contribution is -2.30. The molecule has 1 rings (SSSR count). The zero-order valence-electron chi connectivity index (χ0n) is 9.29. The molecule has 17 heavy (non-hydrogen) atoms. The van der Waals surface area contributed by atoms with Crippen molar-refractivity contribution in [1.29, 1.82) is 0 Å². The molecule has 2 amide bonds. The van der Waals surface area contributed by atoms with Crippen LogP contribution in [-0.2, 0) is 4.79 Å². The Bertz CT molecular complexity index is 435. The number of benzene rings is 1. The molecule has 0 aliphatic heterocycles. The Morgan fingerprint density at radius 1 is 1.41 bits per heavy atom. The van der Waals surface area contributed by atoms with Crippen LogP contribution in [0.3, 0.4) is 0 Å². The van der Waals surface area contributed by atoms with Gasteiger partial charge in [-0.3, -0.25) is 4.79 Å². The fraction of sp³-hybridized carbons (Fsp3) is 0.273. The molecule has 0 spiro atoms. The number of halogens is 1. The molecule has 0 heterocycles. The summed E-state index contributed by atoms with van der Waals surface area (Å²) < 4.78 is 0. The first-order chi connectivity index (χ1) is 7.99. The summed E-state index contributed by atoms with van der Waals surface area (Å²) in [5.74, 6) is -0.0768. The number of nitrogens with one attached hydrogen (secondary N) is 2. The van der Waals surface area contributed by atoms with Gasteiger partial charge in [-0.25, -0.2) is 4.79 Å². The largest absolute Gasteiger partial charge is 0.506 e. The van der Waals surface area contributed by atoms with Crippen LogP contribution < -0.4 is 10.6 Å². The third-order valence-corrected chi connectivity index (χ3v) is 2.20. The SMILES string of the molecule is CC(=O)CCNC(=O)Nc1cc(Cl)ccc1O. The van der Waals surface area contributed by atoms with Crippen LogP contribution in [0, 0.1) is 0 Å². The number of amides is 2. The quantitative estimate of drug-likeness (QED) is 0.722. The summed E-state index contributed by atoms with van der Waals surface area (Å²) in [5, 5.41) is 14.8. The second-order valence-electron chi connectivity index (χ2n) is 3.49. The average molecular weight is 257 g/mol. The highest BCUT2D eigenvalue weighted by Gasteiger charge is 2.06. The van der Waals surface area contributed by atoms with Gasteiger partial charge in [0, 0.05) is 18.0 Å². The van der Waals surface area contributed by atoms with Gasteiger partial charge < -0.3 is 15.7 Å². The van der Waals surface area contributed by atoms with Crippen molar-refractivity contribution in [2.24, 2.45) is 0 Å². The smallest absolute Gasteiger partial charge is 0.319 e. The van der Waals surface area contributed by atoms with Crippen molar-refractivity contribution < 1.29 is 14.7 Å². The Morgan fingerprint density at radius 2 is 2.12 bits per heavy atom. The number of phenols is 1. The van der Waals surface area contributed by atoms with Crippen LogP contribution in [0.2, 0.25) is 5.02 Å². The zero-order valence-corrected chi connectivity index (χ0v) is 10.0. The first kappa shape index (κ1) is 13.3. The Kier molecular flexibility index (Phi) is 4.78. The topological polar surface area (TPSA) is 78.4 Å². The van der Waals surface area contributed by atoms with Gasteiger partial charge in [0.1, 0.15) is 11.5 Å². The first-order valence-corrected chi connectivity index (χ1v) is 5.39. The van der Waals surface area contributed by atoms with E-state index in [1.165, 1.54) is 25.1 Å². The van der Waals surface area contributed by atoms with Crippen molar-refractivity contribution in [3.8, 4) is 5.75 Å². The van der Waals surface area contributed by atoms with Gasteiger partial charge in [-0.1, -0.05) is 11.6 Å². The van der Waals surface area contributed by atoms with E-state index in [1.807, 2.05) is 0 Å². The minimum Gasteiger partial charge on any atom is -0.506 e. The summed E-state index contributed by atoms with van der Waals surface area (Å²) >= 11 is 5.72. The molecule has 6 heteroatoms. The van der Waals surface area contributed by atoms with Gasteiger partial charge in [0.2, 0.25) is 0 Å². The molecule has 0 saturated heterocycles. The van der Waals surface area contributed by atoms with Crippen molar-refractivity contribution in [1.82, 2.24) is 5.32 Å². The standard InChI is InChI=1S/C11H13ClN2O3/c1-7(15)4-5-13-11(17)14-9-6-8(12)2-3-10(9)16/h2-3,6,16H,4-5H2,1H3,(H2,13,14,17).